The number of hydrogen-bond acceptors (Lipinski definition) is 2. The normalized spacial score (nSPS) is 24.5. The molecule has 0 heterocycles. The third-order valence-corrected chi connectivity index (χ3v) is 5.29. The second-order valence-electron chi connectivity index (χ2n) is 6.18. The summed E-state index contributed by atoms with van der Waals surface area (Å²) < 4.78 is 4.21. The molecule has 1 aromatic rings. The van der Waals surface area contributed by atoms with Gasteiger partial charge in [-0.05, 0) is 37.0 Å². The van der Waals surface area contributed by atoms with Crippen LogP contribution in [0.2, 0.25) is 0 Å². The number of carbonyl (C=O) groups is 1. The van der Waals surface area contributed by atoms with E-state index < -0.39 is 9.75 Å². The van der Waals surface area contributed by atoms with Gasteiger partial charge in [-0.2, -0.15) is 0 Å². The molecule has 1 N–H and O–H groups in total. The molecule has 1 aliphatic rings. The van der Waals surface area contributed by atoms with Gasteiger partial charge in [-0.3, -0.25) is 4.79 Å². The van der Waals surface area contributed by atoms with Crippen LogP contribution >= 0.6 is 23.2 Å². The van der Waals surface area contributed by atoms with Gasteiger partial charge in [-0.25, -0.2) is 0 Å². The van der Waals surface area contributed by atoms with Crippen molar-refractivity contribution in [2.24, 2.45) is 11.3 Å². The van der Waals surface area contributed by atoms with Gasteiger partial charge in [0.15, 0.2) is 0 Å². The lowest BCUT2D eigenvalue weighted by Gasteiger charge is -2.25. The van der Waals surface area contributed by atoms with Gasteiger partial charge >= 0.3 is 0 Å². The summed E-state index contributed by atoms with van der Waals surface area (Å²) in [5.74, 6) is 0.953. The lowest BCUT2D eigenvalue weighted by atomic mass is 9.95. The molecule has 1 saturated carbocycles. The first-order valence-corrected chi connectivity index (χ1v) is 7.79. The second kappa shape index (κ2) is 5.69. The predicted molar refractivity (Wildman–Crippen MR) is 85.9 cm³/mol. The fourth-order valence-electron chi connectivity index (χ4n) is 2.39. The first-order chi connectivity index (χ1) is 9.71. The third-order valence-electron chi connectivity index (χ3n) is 4.19. The minimum absolute atomic E-state index is 0.0787. The van der Waals surface area contributed by atoms with Gasteiger partial charge < -0.3 is 10.1 Å². The van der Waals surface area contributed by atoms with Gasteiger partial charge in [0.2, 0.25) is 5.91 Å². The Bertz CT molecular complexity index is 528. The van der Waals surface area contributed by atoms with Gasteiger partial charge in [-0.1, -0.05) is 26.0 Å². The van der Waals surface area contributed by atoms with Crippen LogP contribution < -0.4 is 10.1 Å². The van der Waals surface area contributed by atoms with E-state index in [-0.39, 0.29) is 17.9 Å². The van der Waals surface area contributed by atoms with Crippen LogP contribution in [0.1, 0.15) is 38.8 Å². The monoisotopic (exact) mass is 329 g/mol. The van der Waals surface area contributed by atoms with Crippen LogP contribution in [0, 0.1) is 11.3 Å². The Morgan fingerprint density at radius 1 is 1.29 bits per heavy atom. The number of nitrogens with one attached hydrogen (secondary N) is 1. The van der Waals surface area contributed by atoms with Crippen molar-refractivity contribution < 1.29 is 9.53 Å². The molecule has 116 valence electrons. The molecular weight excluding hydrogens is 309 g/mol. The van der Waals surface area contributed by atoms with E-state index in [4.69, 9.17) is 27.9 Å². The molecule has 0 aromatic heterocycles. The summed E-state index contributed by atoms with van der Waals surface area (Å²) in [6, 6.07) is 7.64. The van der Waals surface area contributed by atoms with Crippen LogP contribution in [0.5, 0.6) is 5.75 Å². The average Bonchev–Trinajstić information content (AvgIpc) is 2.96. The standard InChI is InChI=1S/C16H21Cl2NO2/c1-10(2)13(11-5-7-12(21-4)8-6-11)19-14(20)15(3)9-16(15,17)18/h5-8,10,13H,9H2,1-4H3,(H,19,20). The topological polar surface area (TPSA) is 38.3 Å². The highest BCUT2D eigenvalue weighted by atomic mass is 35.5. The summed E-state index contributed by atoms with van der Waals surface area (Å²) in [5.41, 5.74) is 0.341. The van der Waals surface area contributed by atoms with E-state index in [1.807, 2.05) is 24.3 Å². The zero-order valence-electron chi connectivity index (χ0n) is 12.7. The highest BCUT2D eigenvalue weighted by Crippen LogP contribution is 2.64. The van der Waals surface area contributed by atoms with Crippen LogP contribution in [0.3, 0.4) is 0 Å². The van der Waals surface area contributed by atoms with Crippen molar-refractivity contribution in [1.29, 1.82) is 0 Å². The molecule has 5 heteroatoms. The Hall–Kier alpha value is -0.930. The molecular formula is C16H21Cl2NO2. The molecule has 0 bridgehead atoms. The molecule has 0 aliphatic heterocycles. The quantitative estimate of drug-likeness (QED) is 0.826. The van der Waals surface area contributed by atoms with Crippen LogP contribution in [0.25, 0.3) is 0 Å². The van der Waals surface area contributed by atoms with Gasteiger partial charge in [-0.15, -0.1) is 23.2 Å². The number of hydrogen-bond donors (Lipinski definition) is 1. The number of ether oxygens (including phenoxy) is 1. The Labute approximate surface area is 136 Å². The number of alkyl halides is 2. The van der Waals surface area contributed by atoms with E-state index in [1.165, 1.54) is 0 Å². The zero-order chi connectivity index (χ0) is 15.8. The number of benzene rings is 1. The first-order valence-electron chi connectivity index (χ1n) is 7.04. The molecule has 2 unspecified atom stereocenters. The highest BCUT2D eigenvalue weighted by Gasteiger charge is 2.68. The number of methoxy groups -OCH3 is 1. The minimum atomic E-state index is -0.946. The van der Waals surface area contributed by atoms with E-state index in [0.717, 1.165) is 11.3 Å². The Morgan fingerprint density at radius 2 is 1.81 bits per heavy atom. The third kappa shape index (κ3) is 3.14. The Kier molecular flexibility index (Phi) is 4.46. The van der Waals surface area contributed by atoms with Crippen LogP contribution in [0.15, 0.2) is 24.3 Å². The zero-order valence-corrected chi connectivity index (χ0v) is 14.3. The summed E-state index contributed by atoms with van der Waals surface area (Å²) >= 11 is 12.2. The van der Waals surface area contributed by atoms with Crippen molar-refractivity contribution in [3.05, 3.63) is 29.8 Å². The molecule has 2 rings (SSSR count). The maximum atomic E-state index is 12.4. The van der Waals surface area contributed by atoms with E-state index in [2.05, 4.69) is 19.2 Å². The Balaban J connectivity index is 2.14. The predicted octanol–water partition coefficient (Wildman–Crippen LogP) is 4.09. The lowest BCUT2D eigenvalue weighted by molar-refractivity contribution is -0.126. The number of rotatable bonds is 5. The average molecular weight is 330 g/mol. The molecule has 1 fully saturated rings. The molecule has 21 heavy (non-hydrogen) atoms. The van der Waals surface area contributed by atoms with E-state index in [0.29, 0.717) is 6.42 Å². The lowest BCUT2D eigenvalue weighted by Crippen LogP contribution is -2.38. The summed E-state index contributed by atoms with van der Waals surface area (Å²) in [4.78, 5) is 12.4. The van der Waals surface area contributed by atoms with Crippen LogP contribution in [0.4, 0.5) is 0 Å². The second-order valence-corrected chi connectivity index (χ2v) is 7.67. The molecule has 1 aromatic carbocycles. The van der Waals surface area contributed by atoms with Crippen molar-refractivity contribution in [2.45, 2.75) is 37.6 Å². The smallest absolute Gasteiger partial charge is 0.229 e. The number of carbonyl (C=O) groups excluding carboxylic acids is 1. The van der Waals surface area contributed by atoms with E-state index >= 15 is 0 Å². The summed E-state index contributed by atoms with van der Waals surface area (Å²) in [6.45, 7) is 5.94. The molecule has 0 spiro atoms. The summed E-state index contributed by atoms with van der Waals surface area (Å²) in [6.07, 6.45) is 0.488. The fraction of sp³-hybridized carbons (Fsp3) is 0.562. The van der Waals surface area contributed by atoms with E-state index in [1.54, 1.807) is 14.0 Å². The molecule has 1 amide bonds. The molecule has 2 atom stereocenters. The Morgan fingerprint density at radius 3 is 2.19 bits per heavy atom. The largest absolute Gasteiger partial charge is 0.497 e. The van der Waals surface area contributed by atoms with Crippen molar-refractivity contribution in [2.75, 3.05) is 7.11 Å². The van der Waals surface area contributed by atoms with Crippen LogP contribution in [-0.2, 0) is 4.79 Å². The van der Waals surface area contributed by atoms with Gasteiger partial charge in [0.25, 0.3) is 0 Å². The van der Waals surface area contributed by atoms with E-state index in [9.17, 15) is 4.79 Å². The van der Waals surface area contributed by atoms with Gasteiger partial charge in [0.1, 0.15) is 10.1 Å². The molecule has 3 nitrogen and oxygen atoms in total. The molecule has 0 saturated heterocycles. The SMILES string of the molecule is COc1ccc(C(NC(=O)C2(C)CC2(Cl)Cl)C(C)C)cc1. The van der Waals surface area contributed by atoms with Crippen molar-refractivity contribution in [1.82, 2.24) is 5.32 Å². The minimum Gasteiger partial charge on any atom is -0.497 e. The highest BCUT2D eigenvalue weighted by molar-refractivity contribution is 6.53. The fourth-order valence-corrected chi connectivity index (χ4v) is 3.10. The number of amides is 1. The number of halogens is 2. The van der Waals surface area contributed by atoms with Crippen molar-refractivity contribution >= 4 is 29.1 Å². The van der Waals surface area contributed by atoms with Gasteiger partial charge in [0.05, 0.1) is 18.6 Å². The van der Waals surface area contributed by atoms with Gasteiger partial charge in [0, 0.05) is 0 Å². The molecule has 1 aliphatic carbocycles. The maximum absolute atomic E-state index is 12.4. The van der Waals surface area contributed by atoms with Crippen molar-refractivity contribution in [3.8, 4) is 5.75 Å². The van der Waals surface area contributed by atoms with Crippen LogP contribution in [-0.4, -0.2) is 17.4 Å². The summed E-state index contributed by atoms with van der Waals surface area (Å²) in [7, 11) is 1.63. The molecule has 0 radical (unpaired) electrons. The van der Waals surface area contributed by atoms with Crippen molar-refractivity contribution in [3.63, 3.8) is 0 Å². The summed E-state index contributed by atoms with van der Waals surface area (Å²) in [5, 5.41) is 3.08. The maximum Gasteiger partial charge on any atom is 0.229 e. The first kappa shape index (κ1) is 16.4.